The zero-order chi connectivity index (χ0) is 25.5. The van der Waals surface area contributed by atoms with Crippen LogP contribution in [0.3, 0.4) is 0 Å². The summed E-state index contributed by atoms with van der Waals surface area (Å²) in [5, 5.41) is 2.61. The van der Waals surface area contributed by atoms with Gasteiger partial charge in [0.05, 0.1) is 16.7 Å². The Morgan fingerprint density at radius 2 is 0.897 bits per heavy atom. The summed E-state index contributed by atoms with van der Waals surface area (Å²) >= 11 is 0. The molecule has 6 aromatic carbocycles. The molecule has 2 aliphatic carbocycles. The highest BCUT2D eigenvalue weighted by Crippen LogP contribution is 2.52. The molecule has 0 amide bonds. The molecular weight excluding hydrogens is 470 g/mol. The number of aromatic nitrogens is 1. The van der Waals surface area contributed by atoms with Gasteiger partial charge in [-0.05, 0) is 68.3 Å². The lowest BCUT2D eigenvalue weighted by molar-refractivity contribution is 0.984. The molecule has 39 heavy (non-hydrogen) atoms. The van der Waals surface area contributed by atoms with E-state index in [-0.39, 0.29) is 5.92 Å². The van der Waals surface area contributed by atoms with Crippen molar-refractivity contribution in [2.75, 3.05) is 0 Å². The second-order valence-corrected chi connectivity index (χ2v) is 10.8. The third kappa shape index (κ3) is 2.80. The molecular formula is C38H25N. The van der Waals surface area contributed by atoms with Crippen LogP contribution in [0.25, 0.3) is 49.7 Å². The van der Waals surface area contributed by atoms with Crippen molar-refractivity contribution >= 4 is 21.8 Å². The summed E-state index contributed by atoms with van der Waals surface area (Å²) in [6.07, 6.45) is 0.943. The van der Waals surface area contributed by atoms with Crippen LogP contribution >= 0.6 is 0 Å². The van der Waals surface area contributed by atoms with E-state index in [2.05, 4.69) is 138 Å². The average molecular weight is 496 g/mol. The first-order valence-electron chi connectivity index (χ1n) is 13.8. The van der Waals surface area contributed by atoms with Gasteiger partial charge in [-0.25, -0.2) is 0 Å². The van der Waals surface area contributed by atoms with Gasteiger partial charge in [-0.3, -0.25) is 0 Å². The Kier molecular flexibility index (Phi) is 4.23. The van der Waals surface area contributed by atoms with Crippen molar-refractivity contribution in [3.05, 3.63) is 161 Å². The van der Waals surface area contributed by atoms with Gasteiger partial charge in [0.1, 0.15) is 0 Å². The lowest BCUT2D eigenvalue weighted by Crippen LogP contribution is -2.04. The Morgan fingerprint density at radius 3 is 1.56 bits per heavy atom. The van der Waals surface area contributed by atoms with Crippen LogP contribution in [0.2, 0.25) is 0 Å². The molecule has 0 aliphatic heterocycles. The summed E-state index contributed by atoms with van der Waals surface area (Å²) in [7, 11) is 0. The van der Waals surface area contributed by atoms with E-state index in [0.29, 0.717) is 0 Å². The zero-order valence-corrected chi connectivity index (χ0v) is 21.4. The van der Waals surface area contributed by atoms with Gasteiger partial charge in [0, 0.05) is 23.1 Å². The van der Waals surface area contributed by atoms with Crippen molar-refractivity contribution in [2.45, 2.75) is 12.3 Å². The van der Waals surface area contributed by atoms with Crippen molar-refractivity contribution < 1.29 is 0 Å². The molecule has 9 rings (SSSR count). The fourth-order valence-corrected chi connectivity index (χ4v) is 7.40. The van der Waals surface area contributed by atoms with Crippen molar-refractivity contribution in [3.8, 4) is 27.9 Å². The maximum absolute atomic E-state index is 2.48. The lowest BCUT2D eigenvalue weighted by atomic mass is 9.85. The summed E-state index contributed by atoms with van der Waals surface area (Å²) in [5.74, 6) is 0.262. The van der Waals surface area contributed by atoms with Crippen LogP contribution in [-0.2, 0) is 6.42 Å². The maximum atomic E-state index is 2.48. The van der Waals surface area contributed by atoms with Gasteiger partial charge in [0.25, 0.3) is 0 Å². The third-order valence-electron chi connectivity index (χ3n) is 8.97. The quantitative estimate of drug-likeness (QED) is 0.225. The molecule has 1 heterocycles. The van der Waals surface area contributed by atoms with E-state index in [1.807, 2.05) is 0 Å². The molecule has 0 unspecified atom stereocenters. The summed E-state index contributed by atoms with van der Waals surface area (Å²) < 4.78 is 2.48. The normalized spacial score (nSPS) is 13.4. The van der Waals surface area contributed by atoms with E-state index in [1.54, 1.807) is 0 Å². The number of rotatable bonds is 2. The molecule has 0 saturated carbocycles. The predicted molar refractivity (Wildman–Crippen MR) is 162 cm³/mol. The fraction of sp³-hybridized carbons (Fsp3) is 0.0526. The first-order chi connectivity index (χ1) is 19.4. The molecule has 7 aromatic rings. The van der Waals surface area contributed by atoms with Gasteiger partial charge in [-0.2, -0.15) is 0 Å². The molecule has 0 N–H and O–H groups in total. The standard InChI is InChI=1S/C38H25N/c1-3-15-30-24(11-1)25-12-2-4-16-31(25)38(30)32-19-9-17-26-27-18-10-22-37(34(27)23-33(26)32)39-35-20-7-5-13-28(35)29-14-6-8-21-36(29)39/h1-22,38H,23H2. The van der Waals surface area contributed by atoms with Crippen LogP contribution in [0.4, 0.5) is 0 Å². The predicted octanol–water partition coefficient (Wildman–Crippen LogP) is 9.52. The van der Waals surface area contributed by atoms with Crippen LogP contribution in [0.1, 0.15) is 33.7 Å². The molecule has 1 nitrogen and oxygen atoms in total. The molecule has 0 bridgehead atoms. The van der Waals surface area contributed by atoms with Crippen LogP contribution in [0, 0.1) is 0 Å². The number of hydrogen-bond acceptors (Lipinski definition) is 0. The molecule has 1 aromatic heterocycles. The Hall–Kier alpha value is -4.88. The van der Waals surface area contributed by atoms with Gasteiger partial charge in [-0.15, -0.1) is 0 Å². The summed E-state index contributed by atoms with van der Waals surface area (Å²) in [4.78, 5) is 0. The molecule has 0 fully saturated rings. The topological polar surface area (TPSA) is 4.93 Å². The fourth-order valence-electron chi connectivity index (χ4n) is 7.40. The molecule has 2 aliphatic rings. The first-order valence-corrected chi connectivity index (χ1v) is 13.8. The minimum Gasteiger partial charge on any atom is -0.309 e. The lowest BCUT2D eigenvalue weighted by Gasteiger charge is -2.18. The highest BCUT2D eigenvalue weighted by Gasteiger charge is 2.33. The van der Waals surface area contributed by atoms with Crippen LogP contribution in [0.5, 0.6) is 0 Å². The van der Waals surface area contributed by atoms with Gasteiger partial charge < -0.3 is 4.57 Å². The highest BCUT2D eigenvalue weighted by molar-refractivity contribution is 6.09. The average Bonchev–Trinajstić information content (AvgIpc) is 3.65. The molecule has 0 saturated heterocycles. The van der Waals surface area contributed by atoms with Crippen LogP contribution in [-0.4, -0.2) is 4.57 Å². The Balaban J connectivity index is 1.27. The van der Waals surface area contributed by atoms with Crippen molar-refractivity contribution in [1.29, 1.82) is 0 Å². The largest absolute Gasteiger partial charge is 0.309 e. The van der Waals surface area contributed by atoms with Crippen LogP contribution < -0.4 is 0 Å². The number of fused-ring (bicyclic) bond motifs is 9. The van der Waals surface area contributed by atoms with Gasteiger partial charge >= 0.3 is 0 Å². The first kappa shape index (κ1) is 21.1. The monoisotopic (exact) mass is 495 g/mol. The van der Waals surface area contributed by atoms with E-state index in [0.717, 1.165) is 6.42 Å². The number of hydrogen-bond donors (Lipinski definition) is 0. The Labute approximate surface area is 227 Å². The van der Waals surface area contributed by atoms with E-state index in [9.17, 15) is 0 Å². The number of para-hydroxylation sites is 2. The van der Waals surface area contributed by atoms with E-state index >= 15 is 0 Å². The van der Waals surface area contributed by atoms with E-state index < -0.39 is 0 Å². The molecule has 1 heteroatoms. The smallest absolute Gasteiger partial charge is 0.0541 e. The Bertz CT molecular complexity index is 2010. The van der Waals surface area contributed by atoms with Gasteiger partial charge in [0.15, 0.2) is 0 Å². The van der Waals surface area contributed by atoms with Crippen molar-refractivity contribution in [1.82, 2.24) is 4.57 Å². The number of benzene rings is 6. The van der Waals surface area contributed by atoms with Crippen molar-refractivity contribution in [2.24, 2.45) is 0 Å². The zero-order valence-electron chi connectivity index (χ0n) is 21.4. The summed E-state index contributed by atoms with van der Waals surface area (Å²) in [6, 6.07) is 49.4. The Morgan fingerprint density at radius 1 is 0.410 bits per heavy atom. The minimum atomic E-state index is 0.262. The van der Waals surface area contributed by atoms with Gasteiger partial charge in [0.2, 0.25) is 0 Å². The second kappa shape index (κ2) is 7.82. The van der Waals surface area contributed by atoms with Gasteiger partial charge in [-0.1, -0.05) is 115 Å². The number of nitrogens with zero attached hydrogens (tertiary/aromatic N) is 1. The molecule has 0 radical (unpaired) electrons. The minimum absolute atomic E-state index is 0.262. The molecule has 0 atom stereocenters. The maximum Gasteiger partial charge on any atom is 0.0541 e. The molecule has 0 spiro atoms. The van der Waals surface area contributed by atoms with E-state index in [4.69, 9.17) is 0 Å². The molecule has 182 valence electrons. The summed E-state index contributed by atoms with van der Waals surface area (Å²) in [6.45, 7) is 0. The van der Waals surface area contributed by atoms with Crippen molar-refractivity contribution in [3.63, 3.8) is 0 Å². The second-order valence-electron chi connectivity index (χ2n) is 10.8. The van der Waals surface area contributed by atoms with Crippen LogP contribution in [0.15, 0.2) is 133 Å². The summed E-state index contributed by atoms with van der Waals surface area (Å²) in [5.41, 5.74) is 16.5. The third-order valence-corrected chi connectivity index (χ3v) is 8.97. The highest BCUT2D eigenvalue weighted by atomic mass is 15.0. The SMILES string of the molecule is c1ccc2c(c1)-c1ccccc1C2c1cccc2c1Cc1c-2cccc1-n1c2ccccc2c2ccccc21. The van der Waals surface area contributed by atoms with E-state index in [1.165, 1.54) is 77.6 Å².